The maximum atomic E-state index is 13.4. The van der Waals surface area contributed by atoms with E-state index in [1.165, 1.54) is 0 Å². The average molecular weight is 540 g/mol. The minimum Gasteiger partial charge on any atom is -0.346 e. The average Bonchev–Trinajstić information content (AvgIpc) is 3.64. The van der Waals surface area contributed by atoms with Crippen molar-refractivity contribution in [3.8, 4) is 22.4 Å². The number of hydrogen-bond acceptors (Lipinski definition) is 5. The molecule has 3 N–H and O–H groups in total. The standard InChI is InChI=1S/C30H33N7O3/c1-5-28(38)33-34-29(39)12-11-21-9-7-8-10-26(21)30(40)32-20(3)22-15-23(25-18-31-36(4)19-25)17-24(16-22)27-13-14-37(6-2)35-27/h5,7-10,13-20H,1,6,11-12H2,2-4H3,(H,32,40)(H,33,38)(H,34,39)/t20-/m1/s1. The van der Waals surface area contributed by atoms with Crippen molar-refractivity contribution in [3.05, 3.63) is 96.5 Å². The fraction of sp³-hybridized carbons (Fsp3) is 0.233. The second-order valence-corrected chi connectivity index (χ2v) is 9.40. The first-order valence-electron chi connectivity index (χ1n) is 13.0. The molecule has 40 heavy (non-hydrogen) atoms. The lowest BCUT2D eigenvalue weighted by atomic mass is 9.96. The Balaban J connectivity index is 1.54. The van der Waals surface area contributed by atoms with Crippen molar-refractivity contribution in [3.63, 3.8) is 0 Å². The normalized spacial score (nSPS) is 11.5. The van der Waals surface area contributed by atoms with E-state index in [-0.39, 0.29) is 24.3 Å². The number of aryl methyl sites for hydroxylation is 3. The molecule has 2 aromatic heterocycles. The maximum absolute atomic E-state index is 13.4. The molecule has 4 aromatic rings. The molecule has 0 bridgehead atoms. The number of nitrogens with zero attached hydrogens (tertiary/aromatic N) is 4. The van der Waals surface area contributed by atoms with Crippen LogP contribution in [0.5, 0.6) is 0 Å². The zero-order valence-corrected chi connectivity index (χ0v) is 22.8. The Bertz CT molecular complexity index is 1540. The van der Waals surface area contributed by atoms with Crippen LogP contribution in [0.4, 0.5) is 0 Å². The lowest BCUT2D eigenvalue weighted by Gasteiger charge is -2.18. The summed E-state index contributed by atoms with van der Waals surface area (Å²) in [6, 6.07) is 15.0. The van der Waals surface area contributed by atoms with E-state index < -0.39 is 5.91 Å². The van der Waals surface area contributed by atoms with Gasteiger partial charge in [-0.2, -0.15) is 10.2 Å². The first-order valence-corrected chi connectivity index (χ1v) is 13.0. The summed E-state index contributed by atoms with van der Waals surface area (Å²) in [6.07, 6.45) is 7.19. The SMILES string of the molecule is C=CC(=O)NNC(=O)CCc1ccccc1C(=O)N[C@H](C)c1cc(-c2cnn(C)c2)cc(-c2ccn(CC)n2)c1. The van der Waals surface area contributed by atoms with Gasteiger partial charge >= 0.3 is 0 Å². The molecule has 3 amide bonds. The van der Waals surface area contributed by atoms with Crippen LogP contribution in [0.3, 0.4) is 0 Å². The van der Waals surface area contributed by atoms with Gasteiger partial charge < -0.3 is 5.32 Å². The largest absolute Gasteiger partial charge is 0.346 e. The van der Waals surface area contributed by atoms with Crippen molar-refractivity contribution in [1.82, 2.24) is 35.7 Å². The van der Waals surface area contributed by atoms with Crippen LogP contribution < -0.4 is 16.2 Å². The van der Waals surface area contributed by atoms with Crippen molar-refractivity contribution >= 4 is 17.7 Å². The van der Waals surface area contributed by atoms with Crippen molar-refractivity contribution in [2.75, 3.05) is 0 Å². The Morgan fingerprint density at radius 2 is 1.82 bits per heavy atom. The van der Waals surface area contributed by atoms with E-state index in [1.54, 1.807) is 16.8 Å². The minimum absolute atomic E-state index is 0.0954. The smallest absolute Gasteiger partial charge is 0.261 e. The second-order valence-electron chi connectivity index (χ2n) is 9.40. The highest BCUT2D eigenvalue weighted by molar-refractivity contribution is 5.96. The van der Waals surface area contributed by atoms with Gasteiger partial charge in [0.15, 0.2) is 0 Å². The maximum Gasteiger partial charge on any atom is 0.261 e. The molecule has 0 saturated heterocycles. The first-order chi connectivity index (χ1) is 19.3. The van der Waals surface area contributed by atoms with Crippen molar-refractivity contribution < 1.29 is 14.4 Å². The van der Waals surface area contributed by atoms with Gasteiger partial charge in [0.2, 0.25) is 5.91 Å². The molecular formula is C30H33N7O3. The van der Waals surface area contributed by atoms with Crippen molar-refractivity contribution in [2.24, 2.45) is 7.05 Å². The predicted octanol–water partition coefficient (Wildman–Crippen LogP) is 3.73. The molecule has 0 aliphatic carbocycles. The van der Waals surface area contributed by atoms with Gasteiger partial charge in [-0.1, -0.05) is 24.8 Å². The number of carbonyl (C=O) groups is 3. The molecule has 206 valence electrons. The highest BCUT2D eigenvalue weighted by Crippen LogP contribution is 2.30. The predicted molar refractivity (Wildman–Crippen MR) is 153 cm³/mol. The summed E-state index contributed by atoms with van der Waals surface area (Å²) in [5, 5.41) is 12.1. The van der Waals surface area contributed by atoms with Gasteiger partial charge in [0.05, 0.1) is 17.9 Å². The topological polar surface area (TPSA) is 123 Å². The third-order valence-electron chi connectivity index (χ3n) is 6.50. The molecule has 0 spiro atoms. The van der Waals surface area contributed by atoms with Crippen molar-refractivity contribution in [2.45, 2.75) is 39.3 Å². The van der Waals surface area contributed by atoms with Crippen LogP contribution >= 0.6 is 0 Å². The summed E-state index contributed by atoms with van der Waals surface area (Å²) in [5.41, 5.74) is 10.4. The molecule has 2 aromatic carbocycles. The summed E-state index contributed by atoms with van der Waals surface area (Å²) in [7, 11) is 1.87. The van der Waals surface area contributed by atoms with Gasteiger partial charge in [-0.25, -0.2) is 0 Å². The molecule has 0 aliphatic heterocycles. The van der Waals surface area contributed by atoms with Crippen LogP contribution in [0.15, 0.2) is 79.8 Å². The first kappa shape index (κ1) is 28.0. The fourth-order valence-electron chi connectivity index (χ4n) is 4.29. The number of carbonyl (C=O) groups excluding carboxylic acids is 3. The van der Waals surface area contributed by atoms with E-state index in [2.05, 4.69) is 45.1 Å². The number of amides is 3. The van der Waals surface area contributed by atoms with Gasteiger partial charge in [-0.15, -0.1) is 0 Å². The van der Waals surface area contributed by atoms with E-state index in [4.69, 9.17) is 0 Å². The van der Waals surface area contributed by atoms with Crippen LogP contribution in [0.1, 0.15) is 47.8 Å². The Morgan fingerprint density at radius 3 is 2.52 bits per heavy atom. The molecule has 1 atom stereocenters. The van der Waals surface area contributed by atoms with Gasteiger partial charge in [0.1, 0.15) is 0 Å². The number of benzene rings is 2. The molecule has 10 heteroatoms. The highest BCUT2D eigenvalue weighted by atomic mass is 16.2. The minimum atomic E-state index is -0.503. The number of nitrogens with one attached hydrogen (secondary N) is 3. The Labute approximate surface area is 233 Å². The quantitative estimate of drug-likeness (QED) is 0.209. The fourth-order valence-corrected chi connectivity index (χ4v) is 4.29. The Morgan fingerprint density at radius 1 is 1.05 bits per heavy atom. The van der Waals surface area contributed by atoms with E-state index in [0.717, 1.165) is 46.1 Å². The van der Waals surface area contributed by atoms with Gasteiger partial charge in [-0.05, 0) is 73.4 Å². The monoisotopic (exact) mass is 539 g/mol. The van der Waals surface area contributed by atoms with Crippen molar-refractivity contribution in [1.29, 1.82) is 0 Å². The number of hydrogen-bond donors (Lipinski definition) is 3. The Kier molecular flexibility index (Phi) is 8.90. The van der Waals surface area contributed by atoms with Crippen LogP contribution in [0.25, 0.3) is 22.4 Å². The number of rotatable bonds is 10. The summed E-state index contributed by atoms with van der Waals surface area (Å²) in [5.74, 6) is -1.12. The van der Waals surface area contributed by atoms with E-state index in [9.17, 15) is 14.4 Å². The highest BCUT2D eigenvalue weighted by Gasteiger charge is 2.18. The summed E-state index contributed by atoms with van der Waals surface area (Å²) < 4.78 is 3.63. The zero-order chi connectivity index (χ0) is 28.6. The molecule has 10 nitrogen and oxygen atoms in total. The molecule has 0 fully saturated rings. The number of hydrazine groups is 1. The lowest BCUT2D eigenvalue weighted by molar-refractivity contribution is -0.126. The Hall–Kier alpha value is -4.99. The van der Waals surface area contributed by atoms with Crippen LogP contribution in [-0.4, -0.2) is 37.3 Å². The molecule has 0 saturated carbocycles. The molecule has 0 radical (unpaired) electrons. The van der Waals surface area contributed by atoms with Crippen LogP contribution in [-0.2, 0) is 29.6 Å². The van der Waals surface area contributed by atoms with Gasteiger partial charge in [0.25, 0.3) is 11.8 Å². The van der Waals surface area contributed by atoms with Gasteiger partial charge in [-0.3, -0.25) is 34.6 Å². The number of aromatic nitrogens is 4. The van der Waals surface area contributed by atoms with E-state index in [0.29, 0.717) is 12.0 Å². The third kappa shape index (κ3) is 6.90. The third-order valence-corrected chi connectivity index (χ3v) is 6.50. The summed E-state index contributed by atoms with van der Waals surface area (Å²) >= 11 is 0. The van der Waals surface area contributed by atoms with Crippen LogP contribution in [0, 0.1) is 0 Å². The molecule has 4 rings (SSSR count). The molecular weight excluding hydrogens is 506 g/mol. The summed E-state index contributed by atoms with van der Waals surface area (Å²) in [4.78, 5) is 36.8. The lowest BCUT2D eigenvalue weighted by Crippen LogP contribution is -2.40. The molecule has 2 heterocycles. The summed E-state index contributed by atoms with van der Waals surface area (Å²) in [6.45, 7) is 8.08. The molecule has 0 aliphatic rings. The second kappa shape index (κ2) is 12.7. The van der Waals surface area contributed by atoms with E-state index >= 15 is 0 Å². The van der Waals surface area contributed by atoms with E-state index in [1.807, 2.05) is 68.4 Å². The van der Waals surface area contributed by atoms with Gasteiger partial charge in [0, 0.05) is 49.1 Å². The molecule has 0 unspecified atom stereocenters. The zero-order valence-electron chi connectivity index (χ0n) is 22.8. The van der Waals surface area contributed by atoms with Crippen LogP contribution in [0.2, 0.25) is 0 Å².